The third kappa shape index (κ3) is 3.15. The zero-order valence-electron chi connectivity index (χ0n) is 12.0. The summed E-state index contributed by atoms with van der Waals surface area (Å²) < 4.78 is 4.71. The molecular weight excluding hydrogens is 304 g/mol. The number of carbonyl (C=O) groups excluding carboxylic acids is 1. The summed E-state index contributed by atoms with van der Waals surface area (Å²) in [6.07, 6.45) is 0. The topological polar surface area (TPSA) is 113 Å². The van der Waals surface area contributed by atoms with Crippen molar-refractivity contribution in [3.63, 3.8) is 0 Å². The quantitative estimate of drug-likeness (QED) is 0.476. The van der Waals surface area contributed by atoms with E-state index in [0.29, 0.717) is 0 Å². The van der Waals surface area contributed by atoms with Crippen molar-refractivity contribution < 1.29 is 19.4 Å². The van der Waals surface area contributed by atoms with Crippen LogP contribution in [-0.2, 0) is 9.53 Å². The van der Waals surface area contributed by atoms with Crippen LogP contribution in [-0.4, -0.2) is 22.9 Å². The first-order valence-corrected chi connectivity index (χ1v) is 6.51. The Morgan fingerprint density at radius 1 is 0.913 bits per heavy atom. The second-order valence-corrected chi connectivity index (χ2v) is 4.59. The molecule has 0 unspecified atom stereocenters. The summed E-state index contributed by atoms with van der Waals surface area (Å²) in [7, 11) is 1.12. The first-order chi connectivity index (χ1) is 11.0. The van der Waals surface area contributed by atoms with E-state index >= 15 is 0 Å². The Hall–Kier alpha value is -3.29. The van der Waals surface area contributed by atoms with Crippen LogP contribution >= 0.6 is 0 Å². The van der Waals surface area contributed by atoms with Crippen molar-refractivity contribution in [2.24, 2.45) is 0 Å². The van der Waals surface area contributed by atoms with Crippen molar-refractivity contribution in [3.05, 3.63) is 79.9 Å². The number of esters is 1. The monoisotopic (exact) mass is 316 g/mol. The number of ether oxygens (including phenoxy) is 1. The lowest BCUT2D eigenvalue weighted by Gasteiger charge is -2.15. The minimum atomic E-state index is -1.26. The number of hydrogen-bond acceptors (Lipinski definition) is 6. The van der Waals surface area contributed by atoms with Gasteiger partial charge in [0.05, 0.1) is 17.0 Å². The van der Waals surface area contributed by atoms with Gasteiger partial charge in [-0.05, 0) is 0 Å². The highest BCUT2D eigenvalue weighted by molar-refractivity contribution is 5.85. The molecular formula is C15H12N2O6. The predicted molar refractivity (Wildman–Crippen MR) is 80.1 cm³/mol. The third-order valence-electron chi connectivity index (χ3n) is 3.33. The Balaban J connectivity index is 2.73. The van der Waals surface area contributed by atoms with Gasteiger partial charge in [-0.15, -0.1) is 0 Å². The Kier molecular flexibility index (Phi) is 4.65. The van der Waals surface area contributed by atoms with Crippen LogP contribution in [0.4, 0.5) is 11.4 Å². The van der Waals surface area contributed by atoms with Gasteiger partial charge in [0.25, 0.3) is 11.4 Å². The van der Waals surface area contributed by atoms with E-state index in [1.807, 2.05) is 0 Å². The fourth-order valence-corrected chi connectivity index (χ4v) is 2.34. The number of rotatable bonds is 5. The van der Waals surface area contributed by atoms with E-state index < -0.39 is 21.7 Å². The number of benzene rings is 2. The molecule has 23 heavy (non-hydrogen) atoms. The molecule has 118 valence electrons. The summed E-state index contributed by atoms with van der Waals surface area (Å²) in [6.45, 7) is 0. The molecule has 0 aromatic heterocycles. The van der Waals surface area contributed by atoms with Gasteiger partial charge in [-0.1, -0.05) is 36.4 Å². The smallest absolute Gasteiger partial charge is 0.318 e. The average molecular weight is 316 g/mol. The number of carbonyl (C=O) groups is 1. The molecule has 8 heteroatoms. The zero-order chi connectivity index (χ0) is 17.0. The number of methoxy groups -OCH3 is 1. The van der Waals surface area contributed by atoms with Gasteiger partial charge >= 0.3 is 5.97 Å². The Morgan fingerprint density at radius 2 is 1.30 bits per heavy atom. The van der Waals surface area contributed by atoms with Crippen molar-refractivity contribution in [2.75, 3.05) is 7.11 Å². The van der Waals surface area contributed by atoms with E-state index in [9.17, 15) is 25.0 Å². The number of hydrogen-bond donors (Lipinski definition) is 0. The first kappa shape index (κ1) is 16.1. The number of nitrogens with zero attached hydrogens (tertiary/aromatic N) is 2. The molecule has 0 aliphatic carbocycles. The van der Waals surface area contributed by atoms with Gasteiger partial charge < -0.3 is 4.74 Å². The lowest BCUT2D eigenvalue weighted by molar-refractivity contribution is -0.386. The maximum Gasteiger partial charge on any atom is 0.318 e. The van der Waals surface area contributed by atoms with Gasteiger partial charge in [0.1, 0.15) is 5.92 Å². The van der Waals surface area contributed by atoms with E-state index in [-0.39, 0.29) is 22.5 Å². The summed E-state index contributed by atoms with van der Waals surface area (Å²) >= 11 is 0. The SMILES string of the molecule is COC(=O)C(c1ccccc1[N+](=O)[O-])c1ccccc1[N+](=O)[O-]. The molecule has 0 saturated carbocycles. The fraction of sp³-hybridized carbons (Fsp3) is 0.133. The van der Waals surface area contributed by atoms with Crippen LogP contribution in [0.1, 0.15) is 17.0 Å². The van der Waals surface area contributed by atoms with Crippen LogP contribution < -0.4 is 0 Å². The van der Waals surface area contributed by atoms with Gasteiger partial charge in [-0.2, -0.15) is 0 Å². The zero-order valence-corrected chi connectivity index (χ0v) is 12.0. The van der Waals surface area contributed by atoms with E-state index in [1.165, 1.54) is 48.5 Å². The molecule has 2 rings (SSSR count). The molecule has 0 bridgehead atoms. The van der Waals surface area contributed by atoms with Crippen molar-refractivity contribution in [3.8, 4) is 0 Å². The minimum Gasteiger partial charge on any atom is -0.468 e. The fourth-order valence-electron chi connectivity index (χ4n) is 2.34. The van der Waals surface area contributed by atoms with E-state index in [1.54, 1.807) is 0 Å². The van der Waals surface area contributed by atoms with E-state index in [4.69, 9.17) is 4.74 Å². The molecule has 8 nitrogen and oxygen atoms in total. The highest BCUT2D eigenvalue weighted by Crippen LogP contribution is 2.36. The van der Waals surface area contributed by atoms with Crippen molar-refractivity contribution >= 4 is 17.3 Å². The highest BCUT2D eigenvalue weighted by Gasteiger charge is 2.34. The molecule has 0 radical (unpaired) electrons. The van der Waals surface area contributed by atoms with Crippen molar-refractivity contribution in [2.45, 2.75) is 5.92 Å². The normalized spacial score (nSPS) is 10.3. The second kappa shape index (κ2) is 6.65. The van der Waals surface area contributed by atoms with Gasteiger partial charge in [0, 0.05) is 23.3 Å². The summed E-state index contributed by atoms with van der Waals surface area (Å²) in [5.41, 5.74) is -0.528. The lowest BCUT2D eigenvalue weighted by Crippen LogP contribution is -2.18. The lowest BCUT2D eigenvalue weighted by atomic mass is 9.89. The van der Waals surface area contributed by atoms with Crippen LogP contribution in [0, 0.1) is 20.2 Å². The molecule has 0 N–H and O–H groups in total. The molecule has 0 aliphatic heterocycles. The average Bonchev–Trinajstić information content (AvgIpc) is 2.55. The standard InChI is InChI=1S/C15H12N2O6/c1-23-15(18)14(10-6-2-4-8-12(10)16(19)20)11-7-3-5-9-13(11)17(21)22/h2-9,14H,1H3. The Labute approximate surface area is 130 Å². The Morgan fingerprint density at radius 3 is 1.65 bits per heavy atom. The molecule has 0 saturated heterocycles. The first-order valence-electron chi connectivity index (χ1n) is 6.51. The van der Waals surface area contributed by atoms with E-state index in [2.05, 4.69) is 0 Å². The molecule has 0 aliphatic rings. The summed E-state index contributed by atoms with van der Waals surface area (Å²) in [5, 5.41) is 22.4. The van der Waals surface area contributed by atoms with Crippen LogP contribution in [0.25, 0.3) is 0 Å². The van der Waals surface area contributed by atoms with Gasteiger partial charge in [-0.25, -0.2) is 0 Å². The second-order valence-electron chi connectivity index (χ2n) is 4.59. The third-order valence-corrected chi connectivity index (χ3v) is 3.33. The molecule has 0 heterocycles. The number of nitro groups is 2. The number of para-hydroxylation sites is 2. The maximum atomic E-state index is 12.2. The molecule has 0 atom stereocenters. The van der Waals surface area contributed by atoms with Crippen molar-refractivity contribution in [1.29, 1.82) is 0 Å². The number of nitro benzene ring substituents is 2. The summed E-state index contributed by atoms with van der Waals surface area (Å²) in [4.78, 5) is 33.3. The predicted octanol–water partition coefficient (Wildman–Crippen LogP) is 2.81. The van der Waals surface area contributed by atoms with Crippen LogP contribution in [0.5, 0.6) is 0 Å². The highest BCUT2D eigenvalue weighted by atomic mass is 16.6. The Bertz CT molecular complexity index is 717. The molecule has 0 spiro atoms. The van der Waals surface area contributed by atoms with Crippen molar-refractivity contribution in [1.82, 2.24) is 0 Å². The minimum absolute atomic E-state index is 0.0404. The van der Waals surface area contributed by atoms with Crippen LogP contribution in [0.15, 0.2) is 48.5 Å². The van der Waals surface area contributed by atoms with E-state index in [0.717, 1.165) is 7.11 Å². The van der Waals surface area contributed by atoms with Crippen LogP contribution in [0.2, 0.25) is 0 Å². The maximum absolute atomic E-state index is 12.2. The van der Waals surface area contributed by atoms with Gasteiger partial charge in [0.15, 0.2) is 0 Å². The van der Waals surface area contributed by atoms with Gasteiger partial charge in [0.2, 0.25) is 0 Å². The van der Waals surface area contributed by atoms with Gasteiger partial charge in [-0.3, -0.25) is 25.0 Å². The summed E-state index contributed by atoms with van der Waals surface area (Å²) in [5.74, 6) is -2.07. The largest absolute Gasteiger partial charge is 0.468 e. The molecule has 0 fully saturated rings. The summed E-state index contributed by atoms with van der Waals surface area (Å²) in [6, 6.07) is 11.2. The van der Waals surface area contributed by atoms with Crippen LogP contribution in [0.3, 0.4) is 0 Å². The molecule has 2 aromatic rings. The molecule has 2 aromatic carbocycles. The molecule has 0 amide bonds.